The fourth-order valence-corrected chi connectivity index (χ4v) is 7.62. The van der Waals surface area contributed by atoms with E-state index in [1.807, 2.05) is 74.5 Å². The highest BCUT2D eigenvalue weighted by Crippen LogP contribution is 2.36. The average molecular weight is 773 g/mol. The number of halogens is 4. The number of benzene rings is 4. The molecule has 2 heterocycles. The number of carbonyl (C=O) groups is 2. The van der Waals surface area contributed by atoms with Gasteiger partial charge in [0.1, 0.15) is 0 Å². The second-order valence-corrected chi connectivity index (χ2v) is 14.5. The summed E-state index contributed by atoms with van der Waals surface area (Å²) in [6.07, 6.45) is 5.81. The summed E-state index contributed by atoms with van der Waals surface area (Å²) in [7, 11) is 0. The van der Waals surface area contributed by atoms with Crippen molar-refractivity contribution >= 4 is 80.0 Å². The molecule has 6 rings (SSSR count). The van der Waals surface area contributed by atoms with Gasteiger partial charge in [0.25, 0.3) is 11.8 Å². The van der Waals surface area contributed by atoms with Gasteiger partial charge >= 0.3 is 0 Å². The summed E-state index contributed by atoms with van der Waals surface area (Å²) < 4.78 is 0. The SMILES string of the molecule is Cc1c(-c2ccc(Cl)cc2Cl)nc2ccccc2c1C(=O)NCCCCCCCCNC(=O)c1c(C)c(-c2ccc(Cl)cc2Cl)nc2ccccc12. The molecule has 52 heavy (non-hydrogen) atoms. The molecule has 6 nitrogen and oxygen atoms in total. The largest absolute Gasteiger partial charge is 0.352 e. The summed E-state index contributed by atoms with van der Waals surface area (Å²) >= 11 is 25.3. The normalized spacial score (nSPS) is 11.3. The fourth-order valence-electron chi connectivity index (χ4n) is 6.62. The molecule has 0 aliphatic carbocycles. The number of pyridine rings is 2. The minimum atomic E-state index is -0.126. The van der Waals surface area contributed by atoms with Gasteiger partial charge in [-0.3, -0.25) is 9.59 Å². The number of nitrogens with one attached hydrogen (secondary N) is 2. The van der Waals surface area contributed by atoms with Gasteiger partial charge in [-0.25, -0.2) is 9.97 Å². The number of nitrogens with zero attached hydrogens (tertiary/aromatic N) is 2. The van der Waals surface area contributed by atoms with E-state index in [4.69, 9.17) is 56.4 Å². The number of aromatic nitrogens is 2. The van der Waals surface area contributed by atoms with Crippen LogP contribution in [0.2, 0.25) is 20.1 Å². The molecule has 2 aromatic heterocycles. The van der Waals surface area contributed by atoms with Gasteiger partial charge in [-0.1, -0.05) is 108 Å². The van der Waals surface area contributed by atoms with Gasteiger partial charge in [0.15, 0.2) is 0 Å². The molecular weight excluding hydrogens is 734 g/mol. The summed E-state index contributed by atoms with van der Waals surface area (Å²) in [5.41, 5.74) is 7.01. The lowest BCUT2D eigenvalue weighted by molar-refractivity contribution is 0.0945. The standard InChI is InChI=1S/C42H38Cl4N4O2/c1-25-37(31-13-7-9-15-35(31)49-39(25)29-19-17-27(43)23-33(29)45)41(51)47-21-11-5-3-4-6-12-22-48-42(52)38-26(2)40(30-20-18-28(44)24-34(30)46)50-36-16-10-8-14-32(36)38/h7-10,13-20,23-24H,3-6,11-12,21-22H2,1-2H3,(H,47,51)(H,48,52). The molecule has 266 valence electrons. The Morgan fingerprint density at radius 3 is 1.33 bits per heavy atom. The molecule has 0 bridgehead atoms. The van der Waals surface area contributed by atoms with Crippen LogP contribution in [-0.2, 0) is 0 Å². The Kier molecular flexibility index (Phi) is 12.3. The number of carbonyl (C=O) groups excluding carboxylic acids is 2. The molecule has 2 N–H and O–H groups in total. The third kappa shape index (κ3) is 8.37. The maximum atomic E-state index is 13.5. The van der Waals surface area contributed by atoms with Crippen molar-refractivity contribution in [3.63, 3.8) is 0 Å². The van der Waals surface area contributed by atoms with Crippen molar-refractivity contribution in [2.45, 2.75) is 52.4 Å². The first-order chi connectivity index (χ1) is 25.1. The molecule has 0 atom stereocenters. The molecule has 0 spiro atoms. The molecule has 10 heteroatoms. The minimum absolute atomic E-state index is 0.126. The molecule has 0 aliphatic rings. The molecule has 6 aromatic rings. The van der Waals surface area contributed by atoms with E-state index >= 15 is 0 Å². The van der Waals surface area contributed by atoms with Gasteiger partial charge < -0.3 is 10.6 Å². The highest BCUT2D eigenvalue weighted by Gasteiger charge is 2.21. The first kappa shape index (κ1) is 37.6. The zero-order valence-corrected chi connectivity index (χ0v) is 32.0. The van der Waals surface area contributed by atoms with Crippen LogP contribution >= 0.6 is 46.4 Å². The van der Waals surface area contributed by atoms with E-state index in [-0.39, 0.29) is 11.8 Å². The quantitative estimate of drug-likeness (QED) is 0.115. The van der Waals surface area contributed by atoms with Crippen LogP contribution in [0.5, 0.6) is 0 Å². The van der Waals surface area contributed by atoms with Crippen molar-refractivity contribution < 1.29 is 9.59 Å². The Hall–Kier alpha value is -4.20. The molecule has 0 saturated carbocycles. The van der Waals surface area contributed by atoms with Crippen LogP contribution in [0.1, 0.15) is 70.4 Å². The fraction of sp³-hybridized carbons (Fsp3) is 0.238. The summed E-state index contributed by atoms with van der Waals surface area (Å²) in [5, 5.41) is 9.91. The van der Waals surface area contributed by atoms with Crippen molar-refractivity contribution in [1.29, 1.82) is 0 Å². The van der Waals surface area contributed by atoms with E-state index in [0.29, 0.717) is 55.7 Å². The number of amides is 2. The van der Waals surface area contributed by atoms with Crippen molar-refractivity contribution in [1.82, 2.24) is 20.6 Å². The van der Waals surface area contributed by atoms with E-state index < -0.39 is 0 Å². The van der Waals surface area contributed by atoms with Gasteiger partial charge in [0.2, 0.25) is 0 Å². The molecule has 0 saturated heterocycles. The van der Waals surface area contributed by atoms with Gasteiger partial charge in [0, 0.05) is 45.0 Å². The smallest absolute Gasteiger partial charge is 0.252 e. The number of hydrogen-bond acceptors (Lipinski definition) is 4. The monoisotopic (exact) mass is 770 g/mol. The summed E-state index contributed by atoms with van der Waals surface area (Å²) in [5.74, 6) is -0.252. The summed E-state index contributed by atoms with van der Waals surface area (Å²) in [4.78, 5) is 36.8. The van der Waals surface area contributed by atoms with E-state index in [0.717, 1.165) is 82.6 Å². The number of rotatable bonds is 13. The molecule has 0 radical (unpaired) electrons. The van der Waals surface area contributed by atoms with Gasteiger partial charge in [-0.05, 0) is 86.3 Å². The van der Waals surface area contributed by atoms with Gasteiger partial charge in [0.05, 0.1) is 43.6 Å². The molecule has 0 unspecified atom stereocenters. The van der Waals surface area contributed by atoms with Gasteiger partial charge in [-0.15, -0.1) is 0 Å². The Morgan fingerprint density at radius 1 is 0.538 bits per heavy atom. The highest BCUT2D eigenvalue weighted by molar-refractivity contribution is 6.37. The first-order valence-corrected chi connectivity index (χ1v) is 18.9. The Morgan fingerprint density at radius 2 is 0.923 bits per heavy atom. The maximum Gasteiger partial charge on any atom is 0.252 e. The minimum Gasteiger partial charge on any atom is -0.352 e. The predicted octanol–water partition coefficient (Wildman–Crippen LogP) is 11.8. The summed E-state index contributed by atoms with van der Waals surface area (Å²) in [6, 6.07) is 25.9. The third-order valence-corrected chi connectivity index (χ3v) is 10.4. The summed E-state index contributed by atoms with van der Waals surface area (Å²) in [6.45, 7) is 4.97. The molecule has 0 aliphatic heterocycles. The number of fused-ring (bicyclic) bond motifs is 2. The van der Waals surface area contributed by atoms with E-state index in [9.17, 15) is 9.59 Å². The van der Waals surface area contributed by atoms with Crippen molar-refractivity contribution in [2.75, 3.05) is 13.1 Å². The van der Waals surface area contributed by atoms with Crippen LogP contribution in [0, 0.1) is 13.8 Å². The second-order valence-electron chi connectivity index (χ2n) is 12.8. The second kappa shape index (κ2) is 17.1. The van der Waals surface area contributed by atoms with Crippen molar-refractivity contribution in [3.05, 3.63) is 127 Å². The Balaban J connectivity index is 0.984. The topological polar surface area (TPSA) is 84.0 Å². The number of para-hydroxylation sites is 2. The zero-order chi connectivity index (χ0) is 36.8. The highest BCUT2D eigenvalue weighted by atomic mass is 35.5. The molecule has 0 fully saturated rings. The van der Waals surface area contributed by atoms with Crippen LogP contribution in [0.15, 0.2) is 84.9 Å². The van der Waals surface area contributed by atoms with E-state index in [1.165, 1.54) is 0 Å². The van der Waals surface area contributed by atoms with E-state index in [1.54, 1.807) is 24.3 Å². The molecule has 2 amide bonds. The molecule has 4 aromatic carbocycles. The lowest BCUT2D eigenvalue weighted by Crippen LogP contribution is -2.26. The average Bonchev–Trinajstić information content (AvgIpc) is 3.12. The van der Waals surface area contributed by atoms with Crippen LogP contribution < -0.4 is 10.6 Å². The zero-order valence-electron chi connectivity index (χ0n) is 29.0. The maximum absolute atomic E-state index is 13.5. The van der Waals surface area contributed by atoms with Crippen LogP contribution in [0.25, 0.3) is 44.3 Å². The Bertz CT molecular complexity index is 2130. The predicted molar refractivity (Wildman–Crippen MR) is 216 cm³/mol. The van der Waals surface area contributed by atoms with Crippen LogP contribution in [0.4, 0.5) is 0 Å². The lowest BCUT2D eigenvalue weighted by atomic mass is 9.97. The van der Waals surface area contributed by atoms with Crippen molar-refractivity contribution in [2.24, 2.45) is 0 Å². The lowest BCUT2D eigenvalue weighted by Gasteiger charge is -2.16. The number of unbranched alkanes of at least 4 members (excludes halogenated alkanes) is 5. The van der Waals surface area contributed by atoms with Gasteiger partial charge in [-0.2, -0.15) is 0 Å². The van der Waals surface area contributed by atoms with E-state index in [2.05, 4.69) is 10.6 Å². The molecular formula is C42H38Cl4N4O2. The van der Waals surface area contributed by atoms with Crippen LogP contribution in [-0.4, -0.2) is 34.9 Å². The van der Waals surface area contributed by atoms with Crippen LogP contribution in [0.3, 0.4) is 0 Å². The first-order valence-electron chi connectivity index (χ1n) is 17.4. The number of hydrogen-bond donors (Lipinski definition) is 2. The van der Waals surface area contributed by atoms with Crippen molar-refractivity contribution in [3.8, 4) is 22.5 Å². The Labute approximate surface area is 323 Å². The third-order valence-electron chi connectivity index (χ3n) is 9.27.